The minimum Gasteiger partial charge on any atom is -0.384 e. The summed E-state index contributed by atoms with van der Waals surface area (Å²) in [4.78, 5) is 26.9. The summed E-state index contributed by atoms with van der Waals surface area (Å²) in [5, 5.41) is 5.35. The fourth-order valence-electron chi connectivity index (χ4n) is 1.35. The molecular weight excluding hydrogens is 268 g/mol. The Morgan fingerprint density at radius 2 is 2.05 bits per heavy atom. The van der Waals surface area contributed by atoms with Crippen LogP contribution in [0.3, 0.4) is 0 Å². The third-order valence-electron chi connectivity index (χ3n) is 2.09. The summed E-state index contributed by atoms with van der Waals surface area (Å²) in [6.07, 6.45) is 0.242. The van der Waals surface area contributed by atoms with E-state index in [1.54, 1.807) is 18.2 Å². The maximum Gasteiger partial charge on any atom is 0.269 e. The molecule has 0 spiro atoms. The SMILES string of the molecule is CC(C)NC(=O)CCNC(=O)c1cccc(N)n1.Cl. The van der Waals surface area contributed by atoms with Crippen molar-refractivity contribution in [3.63, 3.8) is 0 Å². The maximum atomic E-state index is 11.6. The first-order valence-corrected chi connectivity index (χ1v) is 5.79. The van der Waals surface area contributed by atoms with Crippen LogP contribution in [0.25, 0.3) is 0 Å². The van der Waals surface area contributed by atoms with Gasteiger partial charge in [-0.25, -0.2) is 4.98 Å². The standard InChI is InChI=1S/C12H18N4O2.ClH/c1-8(2)15-11(17)6-7-14-12(18)9-4-3-5-10(13)16-9;/h3-5,8H,6-7H2,1-2H3,(H2,13,16)(H,14,18)(H,15,17);1H. The minimum absolute atomic E-state index is 0. The first-order chi connectivity index (χ1) is 8.49. The Balaban J connectivity index is 0.00000324. The molecule has 4 N–H and O–H groups in total. The van der Waals surface area contributed by atoms with Gasteiger partial charge in [0.05, 0.1) is 0 Å². The topological polar surface area (TPSA) is 97.1 Å². The molecule has 0 aliphatic carbocycles. The van der Waals surface area contributed by atoms with E-state index >= 15 is 0 Å². The zero-order valence-corrected chi connectivity index (χ0v) is 11.8. The molecule has 1 heterocycles. The molecule has 6 nitrogen and oxygen atoms in total. The number of hydrogen-bond donors (Lipinski definition) is 3. The highest BCUT2D eigenvalue weighted by Crippen LogP contribution is 1.99. The monoisotopic (exact) mass is 286 g/mol. The molecule has 1 aromatic heterocycles. The van der Waals surface area contributed by atoms with Crippen LogP contribution in [0.2, 0.25) is 0 Å². The largest absolute Gasteiger partial charge is 0.384 e. The van der Waals surface area contributed by atoms with E-state index in [0.717, 1.165) is 0 Å². The van der Waals surface area contributed by atoms with Crippen molar-refractivity contribution in [3.05, 3.63) is 23.9 Å². The lowest BCUT2D eigenvalue weighted by Gasteiger charge is -2.08. The number of hydrogen-bond acceptors (Lipinski definition) is 4. The first kappa shape index (κ1) is 17.2. The van der Waals surface area contributed by atoms with Crippen LogP contribution < -0.4 is 16.4 Å². The predicted octanol–water partition coefficient (Wildman–Crippen LogP) is 0.730. The summed E-state index contributed by atoms with van der Waals surface area (Å²) >= 11 is 0. The third-order valence-corrected chi connectivity index (χ3v) is 2.09. The molecule has 0 fully saturated rings. The number of nitrogens with one attached hydrogen (secondary N) is 2. The molecule has 0 saturated carbocycles. The van der Waals surface area contributed by atoms with Gasteiger partial charge in [0.15, 0.2) is 0 Å². The van der Waals surface area contributed by atoms with Gasteiger partial charge in [0, 0.05) is 19.0 Å². The van der Waals surface area contributed by atoms with Gasteiger partial charge in [-0.2, -0.15) is 0 Å². The van der Waals surface area contributed by atoms with Gasteiger partial charge < -0.3 is 16.4 Å². The van der Waals surface area contributed by atoms with Crippen LogP contribution in [0.5, 0.6) is 0 Å². The van der Waals surface area contributed by atoms with Crippen LogP contribution in [-0.2, 0) is 4.79 Å². The van der Waals surface area contributed by atoms with Crippen LogP contribution in [0.15, 0.2) is 18.2 Å². The Kier molecular flexibility index (Phi) is 7.52. The van der Waals surface area contributed by atoms with Crippen LogP contribution >= 0.6 is 12.4 Å². The van der Waals surface area contributed by atoms with E-state index in [-0.39, 0.29) is 48.9 Å². The number of nitrogen functional groups attached to an aromatic ring is 1. The van der Waals surface area contributed by atoms with Crippen molar-refractivity contribution < 1.29 is 9.59 Å². The Hall–Kier alpha value is -1.82. The van der Waals surface area contributed by atoms with E-state index < -0.39 is 0 Å². The van der Waals surface area contributed by atoms with E-state index in [0.29, 0.717) is 5.82 Å². The molecule has 0 radical (unpaired) electrons. The molecular formula is C12H19ClN4O2. The van der Waals surface area contributed by atoms with Gasteiger partial charge in [0.1, 0.15) is 11.5 Å². The second kappa shape index (κ2) is 8.31. The Labute approximate surface area is 118 Å². The van der Waals surface area contributed by atoms with Crippen molar-refractivity contribution >= 4 is 30.0 Å². The van der Waals surface area contributed by atoms with Gasteiger partial charge in [-0.15, -0.1) is 12.4 Å². The van der Waals surface area contributed by atoms with Crippen molar-refractivity contribution in [2.45, 2.75) is 26.3 Å². The second-order valence-electron chi connectivity index (χ2n) is 4.18. The maximum absolute atomic E-state index is 11.6. The lowest BCUT2D eigenvalue weighted by atomic mass is 10.3. The molecule has 1 rings (SSSR count). The molecule has 7 heteroatoms. The van der Waals surface area contributed by atoms with E-state index in [1.807, 2.05) is 13.8 Å². The summed E-state index contributed by atoms with van der Waals surface area (Å²) in [6, 6.07) is 4.93. The molecule has 1 aromatic rings. The smallest absolute Gasteiger partial charge is 0.269 e. The van der Waals surface area contributed by atoms with E-state index in [2.05, 4.69) is 15.6 Å². The summed E-state index contributed by atoms with van der Waals surface area (Å²) in [7, 11) is 0. The summed E-state index contributed by atoms with van der Waals surface area (Å²) in [5.74, 6) is -0.134. The first-order valence-electron chi connectivity index (χ1n) is 5.79. The van der Waals surface area contributed by atoms with E-state index in [4.69, 9.17) is 5.73 Å². The molecule has 19 heavy (non-hydrogen) atoms. The van der Waals surface area contributed by atoms with Gasteiger partial charge in [0.2, 0.25) is 5.91 Å². The quantitative estimate of drug-likeness (QED) is 0.743. The second-order valence-corrected chi connectivity index (χ2v) is 4.18. The summed E-state index contributed by atoms with van der Waals surface area (Å²) in [6.45, 7) is 4.04. The van der Waals surface area contributed by atoms with Crippen LogP contribution in [0, 0.1) is 0 Å². The third kappa shape index (κ3) is 6.61. The Morgan fingerprint density at radius 1 is 1.37 bits per heavy atom. The van der Waals surface area contributed by atoms with Gasteiger partial charge >= 0.3 is 0 Å². The lowest BCUT2D eigenvalue weighted by Crippen LogP contribution is -2.34. The molecule has 0 aromatic carbocycles. The minimum atomic E-state index is -0.334. The molecule has 0 aliphatic rings. The number of pyridine rings is 1. The average molecular weight is 287 g/mol. The number of nitrogens with zero attached hydrogens (tertiary/aromatic N) is 1. The van der Waals surface area contributed by atoms with Crippen molar-refractivity contribution in [1.82, 2.24) is 15.6 Å². The highest BCUT2D eigenvalue weighted by atomic mass is 35.5. The van der Waals surface area contributed by atoms with Crippen molar-refractivity contribution in [2.75, 3.05) is 12.3 Å². The average Bonchev–Trinajstić information content (AvgIpc) is 2.27. The number of nitrogens with two attached hydrogens (primary N) is 1. The van der Waals surface area contributed by atoms with Crippen molar-refractivity contribution in [1.29, 1.82) is 0 Å². The van der Waals surface area contributed by atoms with Crippen molar-refractivity contribution in [2.24, 2.45) is 0 Å². The van der Waals surface area contributed by atoms with Crippen LogP contribution in [0.1, 0.15) is 30.8 Å². The van der Waals surface area contributed by atoms with Crippen molar-refractivity contribution in [3.8, 4) is 0 Å². The predicted molar refractivity (Wildman–Crippen MR) is 76.1 cm³/mol. The zero-order valence-electron chi connectivity index (χ0n) is 11.0. The molecule has 0 atom stereocenters. The Morgan fingerprint density at radius 3 is 2.63 bits per heavy atom. The zero-order chi connectivity index (χ0) is 13.5. The summed E-state index contributed by atoms with van der Waals surface area (Å²) in [5.41, 5.74) is 5.72. The van der Waals surface area contributed by atoms with Crippen LogP contribution in [0.4, 0.5) is 5.82 Å². The highest BCUT2D eigenvalue weighted by Gasteiger charge is 2.08. The number of aromatic nitrogens is 1. The molecule has 0 bridgehead atoms. The highest BCUT2D eigenvalue weighted by molar-refractivity contribution is 5.92. The fraction of sp³-hybridized carbons (Fsp3) is 0.417. The Bertz CT molecular complexity index is 437. The number of anilines is 1. The normalized spacial score (nSPS) is 9.63. The molecule has 0 saturated heterocycles. The molecule has 2 amide bonds. The molecule has 106 valence electrons. The van der Waals surface area contributed by atoms with Gasteiger partial charge in [-0.1, -0.05) is 6.07 Å². The number of rotatable bonds is 5. The molecule has 0 unspecified atom stereocenters. The lowest BCUT2D eigenvalue weighted by molar-refractivity contribution is -0.121. The van der Waals surface area contributed by atoms with Gasteiger partial charge in [-0.05, 0) is 26.0 Å². The van der Waals surface area contributed by atoms with E-state index in [9.17, 15) is 9.59 Å². The number of carbonyl (C=O) groups excluding carboxylic acids is 2. The van der Waals surface area contributed by atoms with Gasteiger partial charge in [-0.3, -0.25) is 9.59 Å². The number of halogens is 1. The number of amides is 2. The fourth-order valence-corrected chi connectivity index (χ4v) is 1.35. The number of carbonyl (C=O) groups is 2. The van der Waals surface area contributed by atoms with Gasteiger partial charge in [0.25, 0.3) is 5.91 Å². The van der Waals surface area contributed by atoms with E-state index in [1.165, 1.54) is 0 Å². The molecule has 0 aliphatic heterocycles. The summed E-state index contributed by atoms with van der Waals surface area (Å²) < 4.78 is 0. The van der Waals surface area contributed by atoms with Crippen LogP contribution in [-0.4, -0.2) is 29.4 Å².